The number of anilines is 1. The van der Waals surface area contributed by atoms with Crippen LogP contribution < -0.4 is 4.31 Å². The summed E-state index contributed by atoms with van der Waals surface area (Å²) >= 11 is 0. The maximum absolute atomic E-state index is 13.0. The molecule has 126 valence electrons. The Labute approximate surface area is 148 Å². The number of sulfonamides is 1. The second-order valence-corrected chi connectivity index (χ2v) is 8.12. The molecule has 3 aromatic carbocycles. The van der Waals surface area contributed by atoms with E-state index < -0.39 is 10.0 Å². The maximum atomic E-state index is 13.0. The summed E-state index contributed by atoms with van der Waals surface area (Å²) in [5.74, 6) is 0. The molecule has 0 saturated heterocycles. The minimum atomic E-state index is -3.51. The van der Waals surface area contributed by atoms with E-state index in [1.807, 2.05) is 54.6 Å². The second kappa shape index (κ2) is 6.37. The number of benzene rings is 3. The van der Waals surface area contributed by atoms with E-state index in [1.54, 1.807) is 12.1 Å². The van der Waals surface area contributed by atoms with Crippen LogP contribution in [0.1, 0.15) is 16.7 Å². The minimum absolute atomic E-state index is 0.348. The van der Waals surface area contributed by atoms with Crippen molar-refractivity contribution in [3.05, 3.63) is 95.6 Å². The van der Waals surface area contributed by atoms with Gasteiger partial charge in [0, 0.05) is 6.54 Å². The van der Waals surface area contributed by atoms with Crippen LogP contribution >= 0.6 is 0 Å². The molecular weight excluding hydrogens is 330 g/mol. The van der Waals surface area contributed by atoms with Crippen molar-refractivity contribution >= 4 is 15.7 Å². The molecule has 0 atom stereocenters. The summed E-state index contributed by atoms with van der Waals surface area (Å²) < 4.78 is 27.5. The lowest BCUT2D eigenvalue weighted by molar-refractivity contribution is 0.592. The molecule has 0 aliphatic carbocycles. The van der Waals surface area contributed by atoms with E-state index in [-0.39, 0.29) is 0 Å². The molecular formula is C21H19NO2S. The van der Waals surface area contributed by atoms with Gasteiger partial charge in [0.15, 0.2) is 0 Å². The molecule has 0 spiro atoms. The molecule has 1 heterocycles. The van der Waals surface area contributed by atoms with Crippen LogP contribution in [0.5, 0.6) is 0 Å². The summed E-state index contributed by atoms with van der Waals surface area (Å²) in [6, 6.07) is 25.1. The standard InChI is InChI=1S/C21H19NO2S/c23-25(24,22-15-14-19-8-4-5-9-21(19)22)20-12-10-18(11-13-20)16-17-6-2-1-3-7-17/h1-13H,14-16H2. The van der Waals surface area contributed by atoms with Crippen molar-refractivity contribution in [2.24, 2.45) is 0 Å². The van der Waals surface area contributed by atoms with Crippen LogP contribution in [-0.2, 0) is 22.9 Å². The third-order valence-electron chi connectivity index (χ3n) is 4.61. The van der Waals surface area contributed by atoms with Crippen molar-refractivity contribution in [2.45, 2.75) is 17.7 Å². The highest BCUT2D eigenvalue weighted by molar-refractivity contribution is 7.92. The molecule has 0 unspecified atom stereocenters. The largest absolute Gasteiger partial charge is 0.266 e. The lowest BCUT2D eigenvalue weighted by Gasteiger charge is -2.19. The fourth-order valence-electron chi connectivity index (χ4n) is 3.30. The van der Waals surface area contributed by atoms with E-state index in [0.29, 0.717) is 11.4 Å². The van der Waals surface area contributed by atoms with E-state index in [0.717, 1.165) is 29.7 Å². The quantitative estimate of drug-likeness (QED) is 0.713. The minimum Gasteiger partial charge on any atom is -0.266 e. The maximum Gasteiger partial charge on any atom is 0.264 e. The highest BCUT2D eigenvalue weighted by Crippen LogP contribution is 2.32. The first-order valence-corrected chi connectivity index (χ1v) is 9.82. The first kappa shape index (κ1) is 15.9. The predicted octanol–water partition coefficient (Wildman–Crippen LogP) is 4.03. The number of nitrogens with zero attached hydrogens (tertiary/aromatic N) is 1. The van der Waals surface area contributed by atoms with Crippen molar-refractivity contribution in [3.63, 3.8) is 0 Å². The van der Waals surface area contributed by atoms with Gasteiger partial charge in [-0.2, -0.15) is 0 Å². The molecule has 3 aromatic rings. The summed E-state index contributed by atoms with van der Waals surface area (Å²) in [6.45, 7) is 0.507. The molecule has 0 amide bonds. The third kappa shape index (κ3) is 3.05. The molecule has 4 rings (SSSR count). The Morgan fingerprint density at radius 1 is 0.760 bits per heavy atom. The molecule has 1 aliphatic heterocycles. The van der Waals surface area contributed by atoms with Crippen LogP contribution in [0.4, 0.5) is 5.69 Å². The zero-order chi connectivity index (χ0) is 17.3. The highest BCUT2D eigenvalue weighted by atomic mass is 32.2. The van der Waals surface area contributed by atoms with Crippen LogP contribution in [0.25, 0.3) is 0 Å². The monoisotopic (exact) mass is 349 g/mol. The van der Waals surface area contributed by atoms with Crippen LogP contribution in [0.3, 0.4) is 0 Å². The number of hydrogen-bond donors (Lipinski definition) is 0. The summed E-state index contributed by atoms with van der Waals surface area (Å²) in [5, 5.41) is 0. The van der Waals surface area contributed by atoms with Gasteiger partial charge in [-0.15, -0.1) is 0 Å². The van der Waals surface area contributed by atoms with Crippen molar-refractivity contribution in [3.8, 4) is 0 Å². The Bertz CT molecular complexity index is 980. The molecule has 0 radical (unpaired) electrons. The fraction of sp³-hybridized carbons (Fsp3) is 0.143. The van der Waals surface area contributed by atoms with Crippen LogP contribution in [-0.4, -0.2) is 15.0 Å². The van der Waals surface area contributed by atoms with Gasteiger partial charge in [-0.05, 0) is 47.7 Å². The van der Waals surface area contributed by atoms with E-state index in [4.69, 9.17) is 0 Å². The number of hydrogen-bond acceptors (Lipinski definition) is 2. The van der Waals surface area contributed by atoms with Gasteiger partial charge < -0.3 is 0 Å². The summed E-state index contributed by atoms with van der Waals surface area (Å²) in [7, 11) is -3.51. The average Bonchev–Trinajstić information content (AvgIpc) is 3.08. The van der Waals surface area contributed by atoms with Gasteiger partial charge in [0.2, 0.25) is 0 Å². The predicted molar refractivity (Wildman–Crippen MR) is 100 cm³/mol. The van der Waals surface area contributed by atoms with Gasteiger partial charge in [-0.25, -0.2) is 8.42 Å². The first-order valence-electron chi connectivity index (χ1n) is 8.38. The van der Waals surface area contributed by atoms with Crippen molar-refractivity contribution in [2.75, 3.05) is 10.8 Å². The van der Waals surface area contributed by atoms with Crippen molar-refractivity contribution < 1.29 is 8.42 Å². The normalized spacial score (nSPS) is 13.7. The number of fused-ring (bicyclic) bond motifs is 1. The van der Waals surface area contributed by atoms with Gasteiger partial charge >= 0.3 is 0 Å². The zero-order valence-corrected chi connectivity index (χ0v) is 14.6. The summed E-state index contributed by atoms with van der Waals surface area (Å²) in [4.78, 5) is 0.348. The Kier molecular flexibility index (Phi) is 4.06. The molecule has 4 heteroatoms. The van der Waals surface area contributed by atoms with Crippen molar-refractivity contribution in [1.82, 2.24) is 0 Å². The molecule has 0 aromatic heterocycles. The molecule has 0 N–H and O–H groups in total. The summed E-state index contributed by atoms with van der Waals surface area (Å²) in [5.41, 5.74) is 4.21. The molecule has 0 saturated carbocycles. The number of para-hydroxylation sites is 1. The molecule has 25 heavy (non-hydrogen) atoms. The SMILES string of the molecule is O=S(=O)(c1ccc(Cc2ccccc2)cc1)N1CCc2ccccc21. The lowest BCUT2D eigenvalue weighted by atomic mass is 10.1. The fourth-order valence-corrected chi connectivity index (χ4v) is 4.80. The Hall–Kier alpha value is -2.59. The van der Waals surface area contributed by atoms with Crippen LogP contribution in [0.15, 0.2) is 83.8 Å². The highest BCUT2D eigenvalue weighted by Gasteiger charge is 2.30. The van der Waals surface area contributed by atoms with E-state index in [2.05, 4.69) is 12.1 Å². The third-order valence-corrected chi connectivity index (χ3v) is 6.43. The van der Waals surface area contributed by atoms with Gasteiger partial charge in [0.1, 0.15) is 0 Å². The van der Waals surface area contributed by atoms with Gasteiger partial charge in [-0.1, -0.05) is 60.7 Å². The first-order chi connectivity index (χ1) is 12.1. The van der Waals surface area contributed by atoms with Gasteiger partial charge in [-0.3, -0.25) is 4.31 Å². The van der Waals surface area contributed by atoms with E-state index in [9.17, 15) is 8.42 Å². The molecule has 0 bridgehead atoms. The zero-order valence-electron chi connectivity index (χ0n) is 13.8. The van der Waals surface area contributed by atoms with Crippen LogP contribution in [0, 0.1) is 0 Å². The Morgan fingerprint density at radius 2 is 1.40 bits per heavy atom. The van der Waals surface area contributed by atoms with Gasteiger partial charge in [0.05, 0.1) is 10.6 Å². The Morgan fingerprint density at radius 3 is 2.16 bits per heavy atom. The second-order valence-electron chi connectivity index (χ2n) is 6.26. The topological polar surface area (TPSA) is 37.4 Å². The number of rotatable bonds is 4. The van der Waals surface area contributed by atoms with Crippen molar-refractivity contribution in [1.29, 1.82) is 0 Å². The smallest absolute Gasteiger partial charge is 0.264 e. The van der Waals surface area contributed by atoms with Crippen LogP contribution in [0.2, 0.25) is 0 Å². The van der Waals surface area contributed by atoms with E-state index >= 15 is 0 Å². The van der Waals surface area contributed by atoms with Gasteiger partial charge in [0.25, 0.3) is 10.0 Å². The summed E-state index contributed by atoms with van der Waals surface area (Å²) in [6.07, 6.45) is 1.56. The lowest BCUT2D eigenvalue weighted by Crippen LogP contribution is -2.29. The Balaban J connectivity index is 1.59. The average molecular weight is 349 g/mol. The molecule has 3 nitrogen and oxygen atoms in total. The molecule has 1 aliphatic rings. The van der Waals surface area contributed by atoms with E-state index in [1.165, 1.54) is 9.87 Å². The molecule has 0 fully saturated rings.